The van der Waals surface area contributed by atoms with Gasteiger partial charge in [-0.15, -0.1) is 0 Å². The van der Waals surface area contributed by atoms with Crippen LogP contribution in [0.1, 0.15) is 79.7 Å². The zero-order valence-corrected chi connectivity index (χ0v) is 29.1. The zero-order chi connectivity index (χ0) is 33.3. The molecule has 0 aliphatic carbocycles. The maximum absolute atomic E-state index is 12.8. The highest BCUT2D eigenvalue weighted by Crippen LogP contribution is 2.11. The van der Waals surface area contributed by atoms with Gasteiger partial charge in [0, 0.05) is 58.8 Å². The maximum atomic E-state index is 12.8. The number of unbranched alkanes of at least 4 members (excludes halogenated alkanes) is 1. The lowest BCUT2D eigenvalue weighted by atomic mass is 10.2. The standard InChI is InChI=1S/C35H60N4O6/c1-8-9-17-36-19-20-37(18-13-16-31(40)43-29-30-14-11-10-12-15-30)22-24-39(28-33(42)45-35(5,6)7)26-25-38(23-21-36)27-32(41)44-34(2,3)4/h10-12,14-15H,8-9,13,16-29H2,1-7H3. The van der Waals surface area contributed by atoms with Gasteiger partial charge in [-0.1, -0.05) is 43.7 Å². The van der Waals surface area contributed by atoms with Gasteiger partial charge in [0.25, 0.3) is 0 Å². The van der Waals surface area contributed by atoms with Crippen molar-refractivity contribution in [2.45, 2.75) is 92.0 Å². The average Bonchev–Trinajstić information content (AvgIpc) is 2.93. The fourth-order valence-electron chi connectivity index (χ4n) is 5.09. The van der Waals surface area contributed by atoms with Gasteiger partial charge < -0.3 is 24.0 Å². The number of esters is 3. The third kappa shape index (κ3) is 18.9. The van der Waals surface area contributed by atoms with Crippen LogP contribution in [0.4, 0.5) is 0 Å². The first-order valence-electron chi connectivity index (χ1n) is 16.7. The molecule has 1 aromatic rings. The number of carbonyl (C=O) groups excluding carboxylic acids is 3. The third-order valence-corrected chi connectivity index (χ3v) is 7.40. The fraction of sp³-hybridized carbons (Fsp3) is 0.743. The number of ether oxygens (including phenoxy) is 3. The molecule has 10 nitrogen and oxygen atoms in total. The molecule has 1 aliphatic rings. The highest BCUT2D eigenvalue weighted by atomic mass is 16.6. The number of carbonyl (C=O) groups is 3. The van der Waals surface area contributed by atoms with Gasteiger partial charge in [-0.05, 0) is 73.0 Å². The van der Waals surface area contributed by atoms with E-state index in [1.165, 1.54) is 0 Å². The van der Waals surface area contributed by atoms with Gasteiger partial charge in [0.2, 0.25) is 0 Å². The molecule has 0 saturated carbocycles. The molecule has 0 bridgehead atoms. The van der Waals surface area contributed by atoms with Gasteiger partial charge in [-0.25, -0.2) is 0 Å². The fourth-order valence-corrected chi connectivity index (χ4v) is 5.09. The maximum Gasteiger partial charge on any atom is 0.320 e. The minimum atomic E-state index is -0.560. The molecule has 10 heteroatoms. The SMILES string of the molecule is CCCCN1CCN(CCCC(=O)OCc2ccccc2)CCN(CC(=O)OC(C)(C)C)CCN(CC(=O)OC(C)(C)C)CC1. The molecule has 45 heavy (non-hydrogen) atoms. The summed E-state index contributed by atoms with van der Waals surface area (Å²) in [6.07, 6.45) is 3.30. The molecule has 0 unspecified atom stereocenters. The van der Waals surface area contributed by atoms with Crippen molar-refractivity contribution >= 4 is 17.9 Å². The van der Waals surface area contributed by atoms with Gasteiger partial charge in [-0.3, -0.25) is 24.2 Å². The van der Waals surface area contributed by atoms with E-state index < -0.39 is 11.2 Å². The Balaban J connectivity index is 2.08. The number of hydrogen-bond acceptors (Lipinski definition) is 10. The van der Waals surface area contributed by atoms with Crippen LogP contribution in [-0.4, -0.2) is 127 Å². The Kier molecular flexibility index (Phi) is 17.1. The summed E-state index contributed by atoms with van der Waals surface area (Å²) in [6.45, 7) is 22.0. The third-order valence-electron chi connectivity index (χ3n) is 7.40. The topological polar surface area (TPSA) is 91.9 Å². The van der Waals surface area contributed by atoms with Gasteiger partial charge in [0.1, 0.15) is 17.8 Å². The van der Waals surface area contributed by atoms with Crippen molar-refractivity contribution in [3.05, 3.63) is 35.9 Å². The van der Waals surface area contributed by atoms with Crippen LogP contribution in [0.25, 0.3) is 0 Å². The quantitative estimate of drug-likeness (QED) is 0.233. The average molecular weight is 633 g/mol. The first-order chi connectivity index (χ1) is 21.2. The summed E-state index contributed by atoms with van der Waals surface area (Å²) < 4.78 is 16.8. The number of nitrogens with zero attached hydrogens (tertiary/aromatic N) is 4. The summed E-state index contributed by atoms with van der Waals surface area (Å²) in [5.41, 5.74) is -0.118. The smallest absolute Gasteiger partial charge is 0.320 e. The van der Waals surface area contributed by atoms with E-state index in [4.69, 9.17) is 14.2 Å². The van der Waals surface area contributed by atoms with Gasteiger partial charge >= 0.3 is 17.9 Å². The molecule has 1 aliphatic heterocycles. The van der Waals surface area contributed by atoms with Crippen molar-refractivity contribution in [1.29, 1.82) is 0 Å². The number of rotatable bonds is 13. The van der Waals surface area contributed by atoms with Crippen LogP contribution in [0.2, 0.25) is 0 Å². The van der Waals surface area contributed by atoms with Crippen LogP contribution < -0.4 is 0 Å². The Morgan fingerprint density at radius 3 is 1.47 bits per heavy atom. The van der Waals surface area contributed by atoms with E-state index in [0.29, 0.717) is 39.1 Å². The highest BCUT2D eigenvalue weighted by Gasteiger charge is 2.24. The van der Waals surface area contributed by atoms with Gasteiger partial charge in [0.05, 0.1) is 13.1 Å². The lowest BCUT2D eigenvalue weighted by Crippen LogP contribution is -2.48. The molecular formula is C35H60N4O6. The summed E-state index contributed by atoms with van der Waals surface area (Å²) in [5, 5.41) is 0. The summed E-state index contributed by atoms with van der Waals surface area (Å²) in [5.74, 6) is -0.678. The Labute approximate surface area is 272 Å². The Bertz CT molecular complexity index is 1010. The van der Waals surface area contributed by atoms with Crippen LogP contribution in [0.3, 0.4) is 0 Å². The van der Waals surface area contributed by atoms with Crippen molar-refractivity contribution < 1.29 is 28.6 Å². The molecule has 1 aromatic carbocycles. The number of benzene rings is 1. The van der Waals surface area contributed by atoms with Crippen LogP contribution >= 0.6 is 0 Å². The van der Waals surface area contributed by atoms with E-state index in [0.717, 1.165) is 64.2 Å². The largest absolute Gasteiger partial charge is 0.461 e. The van der Waals surface area contributed by atoms with Crippen LogP contribution in [0.15, 0.2) is 30.3 Å². The number of hydrogen-bond donors (Lipinski definition) is 0. The minimum Gasteiger partial charge on any atom is -0.461 e. The summed E-state index contributed by atoms with van der Waals surface area (Å²) in [4.78, 5) is 47.2. The summed E-state index contributed by atoms with van der Waals surface area (Å²) >= 11 is 0. The highest BCUT2D eigenvalue weighted by molar-refractivity contribution is 5.72. The van der Waals surface area contributed by atoms with E-state index in [9.17, 15) is 14.4 Å². The van der Waals surface area contributed by atoms with Crippen LogP contribution in [0.5, 0.6) is 0 Å². The molecule has 0 aromatic heterocycles. The van der Waals surface area contributed by atoms with E-state index in [2.05, 4.69) is 26.5 Å². The first kappa shape index (κ1) is 38.7. The normalized spacial score (nSPS) is 17.2. The molecule has 1 fully saturated rings. The molecule has 256 valence electrons. The second kappa shape index (κ2) is 19.9. The molecule has 2 rings (SSSR count). The van der Waals surface area contributed by atoms with E-state index in [-0.39, 0.29) is 31.0 Å². The molecule has 0 amide bonds. The Morgan fingerprint density at radius 1 is 0.622 bits per heavy atom. The lowest BCUT2D eigenvalue weighted by Gasteiger charge is -2.34. The monoisotopic (exact) mass is 632 g/mol. The predicted molar refractivity (Wildman–Crippen MR) is 178 cm³/mol. The van der Waals surface area contributed by atoms with Crippen molar-refractivity contribution in [2.24, 2.45) is 0 Å². The molecule has 0 spiro atoms. The van der Waals surface area contributed by atoms with Crippen molar-refractivity contribution in [1.82, 2.24) is 19.6 Å². The second-order valence-electron chi connectivity index (χ2n) is 14.0. The van der Waals surface area contributed by atoms with Crippen molar-refractivity contribution in [2.75, 3.05) is 78.5 Å². The summed E-state index contributed by atoms with van der Waals surface area (Å²) in [7, 11) is 0. The van der Waals surface area contributed by atoms with Crippen LogP contribution in [0, 0.1) is 0 Å². The lowest BCUT2D eigenvalue weighted by molar-refractivity contribution is -0.158. The summed E-state index contributed by atoms with van der Waals surface area (Å²) in [6, 6.07) is 9.73. The van der Waals surface area contributed by atoms with Crippen LogP contribution in [-0.2, 0) is 35.2 Å². The predicted octanol–water partition coefficient (Wildman–Crippen LogP) is 4.22. The molecular weight excluding hydrogens is 572 g/mol. The minimum absolute atomic E-state index is 0.180. The van der Waals surface area contributed by atoms with E-state index in [1.54, 1.807) is 0 Å². The van der Waals surface area contributed by atoms with Crippen molar-refractivity contribution in [3.63, 3.8) is 0 Å². The Hall–Kier alpha value is -2.53. The second-order valence-corrected chi connectivity index (χ2v) is 14.0. The first-order valence-corrected chi connectivity index (χ1v) is 16.7. The molecule has 1 saturated heterocycles. The van der Waals surface area contributed by atoms with E-state index >= 15 is 0 Å². The van der Waals surface area contributed by atoms with Crippen molar-refractivity contribution in [3.8, 4) is 0 Å². The Morgan fingerprint density at radius 2 is 1.04 bits per heavy atom. The zero-order valence-electron chi connectivity index (χ0n) is 29.1. The molecule has 0 radical (unpaired) electrons. The van der Waals surface area contributed by atoms with E-state index in [1.807, 2.05) is 71.9 Å². The molecule has 1 heterocycles. The van der Waals surface area contributed by atoms with Gasteiger partial charge in [0.15, 0.2) is 0 Å². The molecule has 0 atom stereocenters. The molecule has 0 N–H and O–H groups in total. The van der Waals surface area contributed by atoms with Gasteiger partial charge in [-0.2, -0.15) is 0 Å².